The molecule has 78 valence electrons. The van der Waals surface area contributed by atoms with Crippen molar-refractivity contribution in [2.75, 3.05) is 0 Å². The summed E-state index contributed by atoms with van der Waals surface area (Å²) in [6.07, 6.45) is 3.78. The fraction of sp³-hybridized carbons (Fsp3) is 0.167. The molecule has 0 atom stereocenters. The summed E-state index contributed by atoms with van der Waals surface area (Å²) in [6, 6.07) is 7.68. The lowest BCUT2D eigenvalue weighted by atomic mass is 9.97. The van der Waals surface area contributed by atoms with Crippen molar-refractivity contribution in [3.63, 3.8) is 0 Å². The Morgan fingerprint density at radius 3 is 2.60 bits per heavy atom. The average Bonchev–Trinajstić information content (AvgIpc) is 2.22. The number of rotatable bonds is 1. The van der Waals surface area contributed by atoms with Crippen LogP contribution in [0, 0.1) is 0 Å². The number of allylic oxidation sites excluding steroid dienone is 4. The Labute approximate surface area is 104 Å². The third-order valence-corrected chi connectivity index (χ3v) is 3.47. The van der Waals surface area contributed by atoms with Gasteiger partial charge in [-0.05, 0) is 36.1 Å². The molecule has 0 saturated heterocycles. The first kappa shape index (κ1) is 11.1. The van der Waals surface area contributed by atoms with Gasteiger partial charge in [0.15, 0.2) is 0 Å². The second-order valence-corrected chi connectivity index (χ2v) is 4.62. The molecule has 0 aromatic heterocycles. The Morgan fingerprint density at radius 2 is 1.87 bits per heavy atom. The fourth-order valence-electron chi connectivity index (χ4n) is 1.63. The average molecular weight is 260 g/mol. The molecule has 0 heterocycles. The summed E-state index contributed by atoms with van der Waals surface area (Å²) >= 11 is 18.1. The highest BCUT2D eigenvalue weighted by atomic mass is 35.5. The van der Waals surface area contributed by atoms with Crippen LogP contribution in [0.15, 0.2) is 40.4 Å². The van der Waals surface area contributed by atoms with E-state index in [4.69, 9.17) is 34.8 Å². The van der Waals surface area contributed by atoms with Crippen LogP contribution in [-0.2, 0) is 0 Å². The van der Waals surface area contributed by atoms with E-state index in [0.29, 0.717) is 10.1 Å². The molecule has 0 unspecified atom stereocenters. The highest BCUT2D eigenvalue weighted by Crippen LogP contribution is 2.36. The normalized spacial score (nSPS) is 16.6. The number of benzene rings is 1. The van der Waals surface area contributed by atoms with E-state index in [-0.39, 0.29) is 0 Å². The van der Waals surface area contributed by atoms with Gasteiger partial charge in [0.2, 0.25) is 0 Å². The van der Waals surface area contributed by atoms with Gasteiger partial charge in [-0.3, -0.25) is 0 Å². The molecule has 3 heteroatoms. The van der Waals surface area contributed by atoms with Crippen LogP contribution in [0.1, 0.15) is 18.4 Å². The number of hydrogen-bond donors (Lipinski definition) is 0. The monoisotopic (exact) mass is 258 g/mol. The van der Waals surface area contributed by atoms with Gasteiger partial charge in [-0.25, -0.2) is 0 Å². The van der Waals surface area contributed by atoms with Crippen molar-refractivity contribution < 1.29 is 0 Å². The Bertz CT molecular complexity index is 444. The smallest absolute Gasteiger partial charge is 0.0627 e. The first-order valence-electron chi connectivity index (χ1n) is 4.69. The summed E-state index contributed by atoms with van der Waals surface area (Å²) in [5.74, 6) is 0. The molecular formula is C12H9Cl3. The summed E-state index contributed by atoms with van der Waals surface area (Å²) < 4.78 is 0. The van der Waals surface area contributed by atoms with E-state index in [2.05, 4.69) is 0 Å². The van der Waals surface area contributed by atoms with Gasteiger partial charge in [0.05, 0.1) is 10.1 Å². The lowest BCUT2D eigenvalue weighted by molar-refractivity contribution is 1.05. The predicted octanol–water partition coefficient (Wildman–Crippen LogP) is 5.21. The zero-order valence-corrected chi connectivity index (χ0v) is 10.2. The molecule has 1 aliphatic carbocycles. The molecule has 0 amide bonds. The second kappa shape index (κ2) is 4.61. The van der Waals surface area contributed by atoms with Crippen LogP contribution in [-0.4, -0.2) is 0 Å². The van der Waals surface area contributed by atoms with E-state index in [1.165, 1.54) is 0 Å². The standard InChI is InChI=1S/C12H9Cl3/c13-9-4-1-3-8(7-9)10-5-2-6-11(14)12(10)15/h1,3-4,6-7H,2,5H2. The van der Waals surface area contributed by atoms with Gasteiger partial charge in [-0.2, -0.15) is 0 Å². The van der Waals surface area contributed by atoms with Crippen LogP contribution in [0.3, 0.4) is 0 Å². The van der Waals surface area contributed by atoms with Crippen molar-refractivity contribution in [2.24, 2.45) is 0 Å². The maximum atomic E-state index is 6.16. The van der Waals surface area contributed by atoms with Crippen molar-refractivity contribution in [2.45, 2.75) is 12.8 Å². The molecule has 0 nitrogen and oxygen atoms in total. The zero-order chi connectivity index (χ0) is 10.8. The summed E-state index contributed by atoms with van der Waals surface area (Å²) in [7, 11) is 0. The number of halogens is 3. The van der Waals surface area contributed by atoms with Crippen LogP contribution in [0.2, 0.25) is 5.02 Å². The van der Waals surface area contributed by atoms with Crippen molar-refractivity contribution in [3.05, 3.63) is 51.0 Å². The third-order valence-electron chi connectivity index (χ3n) is 2.37. The van der Waals surface area contributed by atoms with E-state index < -0.39 is 0 Å². The zero-order valence-electron chi connectivity index (χ0n) is 7.93. The van der Waals surface area contributed by atoms with Crippen molar-refractivity contribution in [1.82, 2.24) is 0 Å². The largest absolute Gasteiger partial charge is 0.0843 e. The van der Waals surface area contributed by atoms with Gasteiger partial charge < -0.3 is 0 Å². The maximum Gasteiger partial charge on any atom is 0.0627 e. The van der Waals surface area contributed by atoms with Crippen LogP contribution >= 0.6 is 34.8 Å². The van der Waals surface area contributed by atoms with Gasteiger partial charge in [-0.1, -0.05) is 53.0 Å². The van der Waals surface area contributed by atoms with E-state index in [9.17, 15) is 0 Å². The van der Waals surface area contributed by atoms with Gasteiger partial charge >= 0.3 is 0 Å². The lowest BCUT2D eigenvalue weighted by Crippen LogP contribution is -1.93. The highest BCUT2D eigenvalue weighted by Gasteiger charge is 2.14. The molecule has 0 radical (unpaired) electrons. The number of hydrogen-bond acceptors (Lipinski definition) is 0. The van der Waals surface area contributed by atoms with Gasteiger partial charge in [0.1, 0.15) is 0 Å². The SMILES string of the molecule is ClC1=CCCC(c2cccc(Cl)c2)=C1Cl. The summed E-state index contributed by atoms with van der Waals surface area (Å²) in [6.45, 7) is 0. The van der Waals surface area contributed by atoms with Gasteiger partial charge in [-0.15, -0.1) is 0 Å². The molecule has 1 aliphatic rings. The van der Waals surface area contributed by atoms with E-state index in [0.717, 1.165) is 29.0 Å². The summed E-state index contributed by atoms with van der Waals surface area (Å²) in [4.78, 5) is 0. The maximum absolute atomic E-state index is 6.16. The van der Waals surface area contributed by atoms with Gasteiger partial charge in [0.25, 0.3) is 0 Å². The Balaban J connectivity index is 2.47. The second-order valence-electron chi connectivity index (χ2n) is 3.39. The van der Waals surface area contributed by atoms with E-state index >= 15 is 0 Å². The van der Waals surface area contributed by atoms with Crippen LogP contribution in [0.25, 0.3) is 5.57 Å². The molecule has 0 N–H and O–H groups in total. The van der Waals surface area contributed by atoms with Crippen LogP contribution in [0.5, 0.6) is 0 Å². The molecule has 15 heavy (non-hydrogen) atoms. The highest BCUT2D eigenvalue weighted by molar-refractivity contribution is 6.46. The molecular weight excluding hydrogens is 250 g/mol. The molecule has 2 rings (SSSR count). The molecule has 0 saturated carbocycles. The molecule has 0 aliphatic heterocycles. The molecule has 1 aromatic rings. The quantitative estimate of drug-likeness (QED) is 0.650. The van der Waals surface area contributed by atoms with Crippen LogP contribution < -0.4 is 0 Å². The Hall–Kier alpha value is -0.430. The minimum Gasteiger partial charge on any atom is -0.0843 e. The minimum absolute atomic E-state index is 0.637. The minimum atomic E-state index is 0.637. The summed E-state index contributed by atoms with van der Waals surface area (Å²) in [5.41, 5.74) is 2.13. The van der Waals surface area contributed by atoms with Crippen molar-refractivity contribution in [3.8, 4) is 0 Å². The predicted molar refractivity (Wildman–Crippen MR) is 67.4 cm³/mol. The van der Waals surface area contributed by atoms with E-state index in [1.807, 2.05) is 30.3 Å². The lowest BCUT2D eigenvalue weighted by Gasteiger charge is -2.14. The first-order valence-corrected chi connectivity index (χ1v) is 5.82. The Kier molecular flexibility index (Phi) is 3.40. The molecule has 1 aromatic carbocycles. The first-order chi connectivity index (χ1) is 7.18. The summed E-state index contributed by atoms with van der Waals surface area (Å²) in [5, 5.41) is 2.00. The molecule has 0 fully saturated rings. The van der Waals surface area contributed by atoms with Crippen molar-refractivity contribution in [1.29, 1.82) is 0 Å². The Morgan fingerprint density at radius 1 is 1.07 bits per heavy atom. The molecule has 0 bridgehead atoms. The van der Waals surface area contributed by atoms with E-state index in [1.54, 1.807) is 0 Å². The third kappa shape index (κ3) is 2.39. The topological polar surface area (TPSA) is 0 Å². The molecule has 0 spiro atoms. The fourth-order valence-corrected chi connectivity index (χ4v) is 2.33. The van der Waals surface area contributed by atoms with Crippen LogP contribution in [0.4, 0.5) is 0 Å². The van der Waals surface area contributed by atoms with Gasteiger partial charge in [0, 0.05) is 5.02 Å². The van der Waals surface area contributed by atoms with Crippen molar-refractivity contribution >= 4 is 40.4 Å².